The molecule has 9 nitrogen and oxygen atoms in total. The Hall–Kier alpha value is -5.09. The first-order chi connectivity index (χ1) is 22.7. The summed E-state index contributed by atoms with van der Waals surface area (Å²) in [6, 6.07) is 22.2. The Morgan fingerprint density at radius 2 is 1.70 bits per heavy atom. The van der Waals surface area contributed by atoms with Gasteiger partial charge in [0, 0.05) is 51.0 Å². The van der Waals surface area contributed by atoms with Crippen molar-refractivity contribution in [2.45, 2.75) is 31.8 Å². The van der Waals surface area contributed by atoms with Crippen molar-refractivity contribution >= 4 is 29.2 Å². The molecule has 47 heavy (non-hydrogen) atoms. The largest absolute Gasteiger partial charge is 0.481 e. The van der Waals surface area contributed by atoms with Gasteiger partial charge in [0.25, 0.3) is 5.91 Å². The molecule has 10 heteroatoms. The number of hydrogen-bond acceptors (Lipinski definition) is 6. The average Bonchev–Trinajstić information content (AvgIpc) is 3.93. The standard InChI is InChI=1S/C37H38FN5O4/c1-41-16-18-42(19-17-41)33-14-11-29(21-32(33)40-36(46)30-6-3-15-39-23-30)28-5-2-4-25(20-28)24-43(37(47)27-7-8-27)34(22-35(44)45)26-9-12-31(38)13-10-26/h2-6,9-15,20-21,23,27,34H,7-8,16-19,22,24H2,1H3,(H,40,46)(H,44,45). The molecule has 1 aliphatic heterocycles. The van der Waals surface area contributed by atoms with Crippen LogP contribution in [0.25, 0.3) is 11.1 Å². The smallest absolute Gasteiger partial charge is 0.305 e. The molecule has 0 radical (unpaired) electrons. The van der Waals surface area contributed by atoms with E-state index in [4.69, 9.17) is 0 Å². The molecular weight excluding hydrogens is 597 g/mol. The lowest BCUT2D eigenvalue weighted by Crippen LogP contribution is -2.44. The lowest BCUT2D eigenvalue weighted by Gasteiger charge is -2.35. The van der Waals surface area contributed by atoms with Crippen molar-refractivity contribution in [3.63, 3.8) is 0 Å². The van der Waals surface area contributed by atoms with E-state index in [2.05, 4.69) is 27.1 Å². The highest BCUT2D eigenvalue weighted by Crippen LogP contribution is 2.37. The number of benzene rings is 3. The van der Waals surface area contributed by atoms with Crippen LogP contribution < -0.4 is 10.2 Å². The molecule has 1 unspecified atom stereocenters. The Morgan fingerprint density at radius 1 is 0.957 bits per heavy atom. The third-order valence-electron chi connectivity index (χ3n) is 8.83. The number of amides is 2. The third kappa shape index (κ3) is 7.84. The molecule has 6 rings (SSSR count). The molecule has 4 aromatic rings. The van der Waals surface area contributed by atoms with Crippen LogP contribution in [-0.2, 0) is 16.1 Å². The van der Waals surface area contributed by atoms with Crippen molar-refractivity contribution in [2.75, 3.05) is 43.4 Å². The Morgan fingerprint density at radius 3 is 2.38 bits per heavy atom. The van der Waals surface area contributed by atoms with Crippen LogP contribution >= 0.6 is 0 Å². The monoisotopic (exact) mass is 635 g/mol. The van der Waals surface area contributed by atoms with Crippen molar-refractivity contribution < 1.29 is 23.9 Å². The van der Waals surface area contributed by atoms with E-state index in [1.165, 1.54) is 18.3 Å². The number of aliphatic carboxylic acids is 1. The number of carboxylic acid groups (broad SMARTS) is 1. The van der Waals surface area contributed by atoms with Crippen LogP contribution in [0, 0.1) is 11.7 Å². The van der Waals surface area contributed by atoms with Gasteiger partial charge in [0.2, 0.25) is 5.91 Å². The van der Waals surface area contributed by atoms with Crippen molar-refractivity contribution in [1.82, 2.24) is 14.8 Å². The molecule has 2 N–H and O–H groups in total. The fourth-order valence-corrected chi connectivity index (χ4v) is 6.04. The summed E-state index contributed by atoms with van der Waals surface area (Å²) < 4.78 is 13.8. The van der Waals surface area contributed by atoms with Gasteiger partial charge in [0.15, 0.2) is 0 Å². The summed E-state index contributed by atoms with van der Waals surface area (Å²) in [7, 11) is 2.10. The molecular formula is C37H38FN5O4. The van der Waals surface area contributed by atoms with Crippen molar-refractivity contribution in [3.8, 4) is 11.1 Å². The van der Waals surface area contributed by atoms with Gasteiger partial charge in [-0.2, -0.15) is 0 Å². The van der Waals surface area contributed by atoms with Crippen molar-refractivity contribution in [1.29, 1.82) is 0 Å². The lowest BCUT2D eigenvalue weighted by atomic mass is 9.98. The highest BCUT2D eigenvalue weighted by atomic mass is 19.1. The van der Waals surface area contributed by atoms with Crippen LogP contribution in [0.5, 0.6) is 0 Å². The minimum Gasteiger partial charge on any atom is -0.481 e. The number of rotatable bonds is 11. The van der Waals surface area contributed by atoms with Gasteiger partial charge in [-0.25, -0.2) is 4.39 Å². The summed E-state index contributed by atoms with van der Waals surface area (Å²) in [4.78, 5) is 49.1. The molecule has 2 amide bonds. The van der Waals surface area contributed by atoms with Gasteiger partial charge in [0.1, 0.15) is 5.82 Å². The summed E-state index contributed by atoms with van der Waals surface area (Å²) in [6.45, 7) is 3.69. The second-order valence-corrected chi connectivity index (χ2v) is 12.3. The van der Waals surface area contributed by atoms with Gasteiger partial charge in [-0.1, -0.05) is 36.4 Å². The predicted molar refractivity (Wildman–Crippen MR) is 178 cm³/mol. The molecule has 0 bridgehead atoms. The van der Waals surface area contributed by atoms with Crippen LogP contribution in [0.15, 0.2) is 91.3 Å². The van der Waals surface area contributed by atoms with Gasteiger partial charge in [-0.3, -0.25) is 19.4 Å². The van der Waals surface area contributed by atoms with Crippen LogP contribution in [0.3, 0.4) is 0 Å². The number of likely N-dealkylation sites (N-methyl/N-ethyl adjacent to an activating group) is 1. The number of carbonyl (C=O) groups is 3. The van der Waals surface area contributed by atoms with E-state index in [9.17, 15) is 23.9 Å². The molecule has 1 saturated heterocycles. The Balaban J connectivity index is 1.32. The van der Waals surface area contributed by atoms with E-state index in [1.54, 1.807) is 35.4 Å². The molecule has 242 valence electrons. The van der Waals surface area contributed by atoms with Gasteiger partial charge in [0.05, 0.1) is 29.4 Å². The molecule has 1 saturated carbocycles. The fraction of sp³-hybridized carbons (Fsp3) is 0.297. The van der Waals surface area contributed by atoms with Gasteiger partial charge >= 0.3 is 5.97 Å². The van der Waals surface area contributed by atoms with Crippen LogP contribution in [-0.4, -0.2) is 70.9 Å². The minimum absolute atomic E-state index is 0.0945. The summed E-state index contributed by atoms with van der Waals surface area (Å²) in [6.07, 6.45) is 4.41. The third-order valence-corrected chi connectivity index (χ3v) is 8.83. The van der Waals surface area contributed by atoms with E-state index in [0.717, 1.165) is 61.4 Å². The quantitative estimate of drug-likeness (QED) is 0.213. The number of hydrogen-bond donors (Lipinski definition) is 2. The zero-order chi connectivity index (χ0) is 32.9. The zero-order valence-corrected chi connectivity index (χ0v) is 26.3. The number of piperazine rings is 1. The van der Waals surface area contributed by atoms with Gasteiger partial charge < -0.3 is 25.1 Å². The Kier molecular flexibility index (Phi) is 9.58. The van der Waals surface area contributed by atoms with Crippen LogP contribution in [0.1, 0.15) is 46.8 Å². The maximum Gasteiger partial charge on any atom is 0.305 e. The SMILES string of the molecule is CN1CCN(c2ccc(-c3cccc(CN(C(=O)C4CC4)C(CC(=O)O)c4ccc(F)cc4)c3)cc2NC(=O)c2cccnc2)CC1. The summed E-state index contributed by atoms with van der Waals surface area (Å²) in [5, 5.41) is 12.9. The molecule has 0 spiro atoms. The molecule has 2 heterocycles. The first-order valence-electron chi connectivity index (χ1n) is 15.9. The number of halogens is 1. The summed E-state index contributed by atoms with van der Waals surface area (Å²) >= 11 is 0. The maximum atomic E-state index is 13.8. The van der Waals surface area contributed by atoms with E-state index in [1.807, 2.05) is 42.5 Å². The van der Waals surface area contributed by atoms with Crippen LogP contribution in [0.2, 0.25) is 0 Å². The van der Waals surface area contributed by atoms with Crippen molar-refractivity contribution in [2.24, 2.45) is 5.92 Å². The number of nitrogens with one attached hydrogen (secondary N) is 1. The molecule has 2 aliphatic rings. The first-order valence-corrected chi connectivity index (χ1v) is 15.9. The summed E-state index contributed by atoms with van der Waals surface area (Å²) in [5.74, 6) is -1.95. The highest BCUT2D eigenvalue weighted by molar-refractivity contribution is 6.06. The van der Waals surface area contributed by atoms with Crippen molar-refractivity contribution in [3.05, 3.63) is 114 Å². The highest BCUT2D eigenvalue weighted by Gasteiger charge is 2.37. The molecule has 1 atom stereocenters. The number of aromatic nitrogens is 1. The minimum atomic E-state index is -1.04. The fourth-order valence-electron chi connectivity index (χ4n) is 6.04. The zero-order valence-electron chi connectivity index (χ0n) is 26.3. The molecule has 1 aliphatic carbocycles. The molecule has 2 fully saturated rings. The number of nitrogens with zero attached hydrogens (tertiary/aromatic N) is 4. The second-order valence-electron chi connectivity index (χ2n) is 12.3. The maximum absolute atomic E-state index is 13.8. The van der Waals surface area contributed by atoms with Gasteiger partial charge in [-0.05, 0) is 84.6 Å². The predicted octanol–water partition coefficient (Wildman–Crippen LogP) is 5.85. The second kappa shape index (κ2) is 14.1. The number of carbonyl (C=O) groups excluding carboxylic acids is 2. The van der Waals surface area contributed by atoms with E-state index in [-0.39, 0.29) is 30.7 Å². The van der Waals surface area contributed by atoms with E-state index >= 15 is 0 Å². The Bertz CT molecular complexity index is 1740. The topological polar surface area (TPSA) is 106 Å². The first kappa shape index (κ1) is 31.9. The lowest BCUT2D eigenvalue weighted by molar-refractivity contribution is -0.142. The van der Waals surface area contributed by atoms with E-state index < -0.39 is 17.8 Å². The number of anilines is 2. The normalized spacial score (nSPS) is 15.6. The Labute approximate surface area is 273 Å². The van der Waals surface area contributed by atoms with Crippen LogP contribution in [0.4, 0.5) is 15.8 Å². The number of pyridine rings is 1. The number of carboxylic acids is 1. The average molecular weight is 636 g/mol. The molecule has 3 aromatic carbocycles. The molecule has 1 aromatic heterocycles. The summed E-state index contributed by atoms with van der Waals surface area (Å²) in [5.41, 5.74) is 5.26. The van der Waals surface area contributed by atoms with Gasteiger partial charge in [-0.15, -0.1) is 0 Å². The van der Waals surface area contributed by atoms with E-state index in [0.29, 0.717) is 16.8 Å².